The Labute approximate surface area is 137 Å². The number of halogens is 1. The quantitative estimate of drug-likeness (QED) is 0.714. The minimum Gasteiger partial charge on any atom is -0.333 e. The van der Waals surface area contributed by atoms with E-state index in [1.54, 1.807) is 30.5 Å². The molecule has 3 aromatic heterocycles. The van der Waals surface area contributed by atoms with Crippen LogP contribution in [0.25, 0.3) is 10.8 Å². The summed E-state index contributed by atoms with van der Waals surface area (Å²) < 4.78 is 33.2. The molecule has 1 N–H and O–H groups in total. The maximum absolute atomic E-state index is 12.3. The zero-order valence-corrected chi connectivity index (χ0v) is 14.6. The van der Waals surface area contributed by atoms with Crippen molar-refractivity contribution < 1.29 is 12.9 Å². The van der Waals surface area contributed by atoms with Gasteiger partial charge in [0.25, 0.3) is 15.9 Å². The molecule has 21 heavy (non-hydrogen) atoms. The highest BCUT2D eigenvalue weighted by Crippen LogP contribution is 2.35. The molecule has 6 nitrogen and oxygen atoms in total. The average Bonchev–Trinajstić information content (AvgIpc) is 3.10. The Hall–Kier alpha value is -1.23. The second-order valence-electron chi connectivity index (χ2n) is 3.97. The summed E-state index contributed by atoms with van der Waals surface area (Å²) in [7, 11) is -3.63. The fourth-order valence-corrected chi connectivity index (χ4v) is 5.50. The van der Waals surface area contributed by atoms with Crippen LogP contribution in [0.15, 0.2) is 36.1 Å². The molecule has 0 saturated heterocycles. The Morgan fingerprint density at radius 2 is 2.14 bits per heavy atom. The first-order valence-electron chi connectivity index (χ1n) is 5.62. The summed E-state index contributed by atoms with van der Waals surface area (Å²) in [5.41, 5.74) is 0.424. The van der Waals surface area contributed by atoms with Crippen LogP contribution in [0.1, 0.15) is 5.82 Å². The van der Waals surface area contributed by atoms with E-state index in [1.165, 1.54) is 11.3 Å². The fraction of sp³-hybridized carbons (Fsp3) is 0.0909. The number of anilines is 1. The molecular weight excluding hydrogens is 398 g/mol. The molecule has 3 heterocycles. The summed E-state index contributed by atoms with van der Waals surface area (Å²) in [5.74, 6) is 0.793. The van der Waals surface area contributed by atoms with E-state index in [0.29, 0.717) is 22.3 Å². The van der Waals surface area contributed by atoms with Crippen molar-refractivity contribution in [2.75, 3.05) is 4.72 Å². The first-order chi connectivity index (χ1) is 9.95. The zero-order valence-electron chi connectivity index (χ0n) is 10.5. The van der Waals surface area contributed by atoms with E-state index in [-0.39, 0.29) is 4.21 Å². The normalized spacial score (nSPS) is 11.7. The van der Waals surface area contributed by atoms with Gasteiger partial charge in [-0.05, 0) is 46.4 Å². The summed E-state index contributed by atoms with van der Waals surface area (Å²) in [6.07, 6.45) is 0. The SMILES string of the molecule is Cc1noc(-c2sccc2NS(=O)(=O)c2ccc(Br)s2)n1. The molecule has 0 amide bonds. The number of aromatic nitrogens is 2. The van der Waals surface area contributed by atoms with Gasteiger partial charge in [0.2, 0.25) is 0 Å². The van der Waals surface area contributed by atoms with Gasteiger partial charge in [0.05, 0.1) is 9.47 Å². The highest BCUT2D eigenvalue weighted by molar-refractivity contribution is 9.11. The molecule has 0 unspecified atom stereocenters. The minimum atomic E-state index is -3.63. The second-order valence-corrected chi connectivity index (χ2v) is 9.26. The van der Waals surface area contributed by atoms with Gasteiger partial charge >= 0.3 is 0 Å². The Bertz CT molecular complexity index is 881. The van der Waals surface area contributed by atoms with Crippen molar-refractivity contribution in [1.82, 2.24) is 10.1 Å². The number of sulfonamides is 1. The zero-order chi connectivity index (χ0) is 15.0. The lowest BCUT2D eigenvalue weighted by atomic mass is 10.4. The van der Waals surface area contributed by atoms with Crippen molar-refractivity contribution in [2.45, 2.75) is 11.1 Å². The molecule has 10 heteroatoms. The van der Waals surface area contributed by atoms with Crippen LogP contribution in [0, 0.1) is 6.92 Å². The van der Waals surface area contributed by atoms with Gasteiger partial charge in [-0.25, -0.2) is 8.42 Å². The average molecular weight is 406 g/mol. The topological polar surface area (TPSA) is 85.1 Å². The number of hydrogen-bond donors (Lipinski definition) is 1. The van der Waals surface area contributed by atoms with Crippen LogP contribution < -0.4 is 4.72 Å². The van der Waals surface area contributed by atoms with E-state index in [2.05, 4.69) is 30.8 Å². The molecule has 0 fully saturated rings. The van der Waals surface area contributed by atoms with Gasteiger partial charge in [-0.15, -0.1) is 22.7 Å². The molecule has 3 aromatic rings. The van der Waals surface area contributed by atoms with Gasteiger partial charge < -0.3 is 4.52 Å². The van der Waals surface area contributed by atoms with E-state index in [1.807, 2.05) is 0 Å². The molecule has 0 atom stereocenters. The Kier molecular flexibility index (Phi) is 3.86. The summed E-state index contributed by atoms with van der Waals surface area (Å²) >= 11 is 5.72. The lowest BCUT2D eigenvalue weighted by Gasteiger charge is -2.05. The van der Waals surface area contributed by atoms with Crippen LogP contribution in [-0.4, -0.2) is 18.6 Å². The number of thiophene rings is 2. The molecule has 0 bridgehead atoms. The smallest absolute Gasteiger partial charge is 0.271 e. The van der Waals surface area contributed by atoms with Gasteiger partial charge in [0.15, 0.2) is 5.82 Å². The minimum absolute atomic E-state index is 0.230. The van der Waals surface area contributed by atoms with Crippen LogP contribution in [0.4, 0.5) is 5.69 Å². The molecule has 0 aliphatic rings. The predicted octanol–water partition coefficient (Wildman–Crippen LogP) is 3.73. The third-order valence-electron chi connectivity index (χ3n) is 2.44. The number of nitrogens with zero attached hydrogens (tertiary/aromatic N) is 2. The molecule has 0 spiro atoms. The van der Waals surface area contributed by atoms with E-state index < -0.39 is 10.0 Å². The van der Waals surface area contributed by atoms with Crippen molar-refractivity contribution in [2.24, 2.45) is 0 Å². The molecule has 110 valence electrons. The number of hydrogen-bond acceptors (Lipinski definition) is 7. The highest BCUT2D eigenvalue weighted by atomic mass is 79.9. The van der Waals surface area contributed by atoms with Crippen LogP contribution >= 0.6 is 38.6 Å². The molecule has 0 aliphatic carbocycles. The van der Waals surface area contributed by atoms with E-state index in [0.717, 1.165) is 15.1 Å². The van der Waals surface area contributed by atoms with Crippen LogP contribution in [0.3, 0.4) is 0 Å². The Balaban J connectivity index is 1.94. The number of rotatable bonds is 4. The van der Waals surface area contributed by atoms with Crippen LogP contribution in [0.5, 0.6) is 0 Å². The van der Waals surface area contributed by atoms with Crippen molar-refractivity contribution in [3.63, 3.8) is 0 Å². The molecule has 0 saturated carbocycles. The standard InChI is InChI=1S/C11H8BrN3O3S3/c1-6-13-11(18-14-6)10-7(4-5-19-10)15-21(16,17)9-3-2-8(12)20-9/h2-5,15H,1H3. The monoisotopic (exact) mass is 405 g/mol. The molecule has 3 rings (SSSR count). The van der Waals surface area contributed by atoms with Crippen LogP contribution in [-0.2, 0) is 10.0 Å². The molecule has 0 radical (unpaired) electrons. The Morgan fingerprint density at radius 1 is 1.33 bits per heavy atom. The fourth-order valence-electron chi connectivity index (χ4n) is 1.58. The summed E-state index contributed by atoms with van der Waals surface area (Å²) in [4.78, 5) is 4.71. The first kappa shape index (κ1) is 14.7. The van der Waals surface area contributed by atoms with Crippen molar-refractivity contribution in [1.29, 1.82) is 0 Å². The van der Waals surface area contributed by atoms with Crippen molar-refractivity contribution in [3.05, 3.63) is 33.2 Å². The number of aryl methyl sites for hydroxylation is 1. The largest absolute Gasteiger partial charge is 0.333 e. The summed E-state index contributed by atoms with van der Waals surface area (Å²) in [6, 6.07) is 4.90. The van der Waals surface area contributed by atoms with Gasteiger partial charge in [0, 0.05) is 0 Å². The lowest BCUT2D eigenvalue weighted by Crippen LogP contribution is -2.11. The van der Waals surface area contributed by atoms with Gasteiger partial charge in [-0.2, -0.15) is 4.98 Å². The maximum atomic E-state index is 12.3. The predicted molar refractivity (Wildman–Crippen MR) is 85.2 cm³/mol. The van der Waals surface area contributed by atoms with E-state index in [9.17, 15) is 8.42 Å². The first-order valence-corrected chi connectivity index (χ1v) is 9.59. The third-order valence-corrected chi connectivity index (χ3v) is 6.83. The maximum Gasteiger partial charge on any atom is 0.271 e. The molecular formula is C11H8BrN3O3S3. The third kappa shape index (κ3) is 3.03. The molecule has 0 aliphatic heterocycles. The highest BCUT2D eigenvalue weighted by Gasteiger charge is 2.21. The summed E-state index contributed by atoms with van der Waals surface area (Å²) in [6.45, 7) is 1.70. The summed E-state index contributed by atoms with van der Waals surface area (Å²) in [5, 5.41) is 5.47. The Morgan fingerprint density at radius 3 is 2.76 bits per heavy atom. The number of nitrogens with one attached hydrogen (secondary N) is 1. The second kappa shape index (κ2) is 5.52. The van der Waals surface area contributed by atoms with Gasteiger partial charge in [-0.3, -0.25) is 4.72 Å². The van der Waals surface area contributed by atoms with Crippen molar-refractivity contribution >= 4 is 54.3 Å². The van der Waals surface area contributed by atoms with Crippen molar-refractivity contribution in [3.8, 4) is 10.8 Å². The van der Waals surface area contributed by atoms with Gasteiger partial charge in [-0.1, -0.05) is 5.16 Å². The van der Waals surface area contributed by atoms with Gasteiger partial charge in [0.1, 0.15) is 9.09 Å². The van der Waals surface area contributed by atoms with E-state index >= 15 is 0 Å². The molecule has 0 aromatic carbocycles. The van der Waals surface area contributed by atoms with E-state index in [4.69, 9.17) is 4.52 Å². The van der Waals surface area contributed by atoms with Crippen LogP contribution in [0.2, 0.25) is 0 Å². The lowest BCUT2D eigenvalue weighted by molar-refractivity contribution is 0.426.